The van der Waals surface area contributed by atoms with E-state index < -0.39 is 10.0 Å². The maximum Gasteiger partial charge on any atom is 0.242 e. The molecular weight excluding hydrogens is 238 g/mol. The predicted molar refractivity (Wildman–Crippen MR) is 65.8 cm³/mol. The summed E-state index contributed by atoms with van der Waals surface area (Å²) in [6.07, 6.45) is 3.58. The summed E-state index contributed by atoms with van der Waals surface area (Å²) >= 11 is 0. The standard InChI is InChI=1S/C11H19N3O2S/c1-3-8-4-11(8)13-17(15,16)10-5-9(6-12)14(2)7-10/h5,7-8,11,13H,3-4,6,12H2,1-2H3. The molecule has 1 aromatic heterocycles. The average Bonchev–Trinajstić information content (AvgIpc) is 2.89. The number of hydrogen-bond acceptors (Lipinski definition) is 3. The van der Waals surface area contributed by atoms with Crippen LogP contribution in [0.4, 0.5) is 0 Å². The van der Waals surface area contributed by atoms with E-state index in [0.717, 1.165) is 18.5 Å². The van der Waals surface area contributed by atoms with Gasteiger partial charge in [-0.25, -0.2) is 13.1 Å². The Hall–Kier alpha value is -0.850. The van der Waals surface area contributed by atoms with Gasteiger partial charge in [0.05, 0.1) is 4.90 Å². The van der Waals surface area contributed by atoms with E-state index in [2.05, 4.69) is 11.6 Å². The third-order valence-corrected chi connectivity index (χ3v) is 4.81. The van der Waals surface area contributed by atoms with Gasteiger partial charge in [0.1, 0.15) is 0 Å². The highest BCUT2D eigenvalue weighted by atomic mass is 32.2. The van der Waals surface area contributed by atoms with Crippen LogP contribution in [0.2, 0.25) is 0 Å². The summed E-state index contributed by atoms with van der Waals surface area (Å²) in [4.78, 5) is 0.308. The van der Waals surface area contributed by atoms with Crippen molar-refractivity contribution in [3.8, 4) is 0 Å². The summed E-state index contributed by atoms with van der Waals surface area (Å²) in [5.74, 6) is 0.502. The lowest BCUT2D eigenvalue weighted by atomic mass is 10.3. The maximum atomic E-state index is 12.1. The molecule has 0 aromatic carbocycles. The summed E-state index contributed by atoms with van der Waals surface area (Å²) in [5, 5.41) is 0. The zero-order valence-electron chi connectivity index (χ0n) is 10.2. The van der Waals surface area contributed by atoms with Crippen molar-refractivity contribution in [2.45, 2.75) is 37.2 Å². The molecule has 17 heavy (non-hydrogen) atoms. The first-order valence-electron chi connectivity index (χ1n) is 5.85. The van der Waals surface area contributed by atoms with E-state index in [-0.39, 0.29) is 6.04 Å². The van der Waals surface area contributed by atoms with Gasteiger partial charge in [-0.3, -0.25) is 0 Å². The van der Waals surface area contributed by atoms with Gasteiger partial charge in [0.2, 0.25) is 10.0 Å². The summed E-state index contributed by atoms with van der Waals surface area (Å²) < 4.78 is 28.6. The topological polar surface area (TPSA) is 77.1 Å². The first-order chi connectivity index (χ1) is 7.97. The van der Waals surface area contributed by atoms with Crippen LogP contribution < -0.4 is 10.5 Å². The van der Waals surface area contributed by atoms with Gasteiger partial charge in [-0.2, -0.15) is 0 Å². The van der Waals surface area contributed by atoms with E-state index >= 15 is 0 Å². The second-order valence-corrected chi connectivity index (χ2v) is 6.33. The number of aryl methyl sites for hydroxylation is 1. The molecule has 1 saturated carbocycles. The molecule has 1 aliphatic carbocycles. The van der Waals surface area contributed by atoms with Crippen LogP contribution in [0.25, 0.3) is 0 Å². The Morgan fingerprint density at radius 3 is 2.76 bits per heavy atom. The first kappa shape index (κ1) is 12.6. The zero-order valence-corrected chi connectivity index (χ0v) is 11.0. The van der Waals surface area contributed by atoms with E-state index in [1.165, 1.54) is 0 Å². The fourth-order valence-electron chi connectivity index (χ4n) is 2.04. The number of nitrogens with two attached hydrogens (primary N) is 1. The van der Waals surface area contributed by atoms with E-state index in [1.54, 1.807) is 23.9 Å². The van der Waals surface area contributed by atoms with Crippen molar-refractivity contribution in [3.05, 3.63) is 18.0 Å². The molecule has 5 nitrogen and oxygen atoms in total. The lowest BCUT2D eigenvalue weighted by Gasteiger charge is -2.03. The second-order valence-electron chi connectivity index (χ2n) is 4.61. The molecule has 3 N–H and O–H groups in total. The normalized spacial score (nSPS) is 23.9. The molecule has 2 rings (SSSR count). The van der Waals surface area contributed by atoms with E-state index in [9.17, 15) is 8.42 Å². The van der Waals surface area contributed by atoms with Crippen molar-refractivity contribution in [3.63, 3.8) is 0 Å². The SMILES string of the molecule is CCC1CC1NS(=O)(=O)c1cc(CN)n(C)c1. The fourth-order valence-corrected chi connectivity index (χ4v) is 3.45. The van der Waals surface area contributed by atoms with Gasteiger partial charge < -0.3 is 10.3 Å². The van der Waals surface area contributed by atoms with E-state index in [1.807, 2.05) is 0 Å². The molecule has 1 heterocycles. The highest BCUT2D eigenvalue weighted by Gasteiger charge is 2.38. The summed E-state index contributed by atoms with van der Waals surface area (Å²) in [7, 11) is -1.58. The van der Waals surface area contributed by atoms with E-state index in [4.69, 9.17) is 5.73 Å². The molecule has 1 aromatic rings. The van der Waals surface area contributed by atoms with Gasteiger partial charge in [0.25, 0.3) is 0 Å². The van der Waals surface area contributed by atoms with Crippen LogP contribution in [0.3, 0.4) is 0 Å². The molecule has 0 radical (unpaired) electrons. The first-order valence-corrected chi connectivity index (χ1v) is 7.34. The quantitative estimate of drug-likeness (QED) is 0.809. The van der Waals surface area contributed by atoms with Crippen molar-refractivity contribution in [2.75, 3.05) is 0 Å². The minimum Gasteiger partial charge on any atom is -0.352 e. The Labute approximate surface area is 102 Å². The number of nitrogens with one attached hydrogen (secondary N) is 1. The smallest absolute Gasteiger partial charge is 0.242 e. The summed E-state index contributed by atoms with van der Waals surface area (Å²) in [5.41, 5.74) is 6.34. The Kier molecular flexibility index (Phi) is 3.29. The molecule has 0 aliphatic heterocycles. The number of sulfonamides is 1. The van der Waals surface area contributed by atoms with Gasteiger partial charge in [-0.05, 0) is 18.4 Å². The van der Waals surface area contributed by atoms with Crippen LogP contribution in [0, 0.1) is 5.92 Å². The van der Waals surface area contributed by atoms with Gasteiger partial charge in [0, 0.05) is 31.5 Å². The second kappa shape index (κ2) is 4.44. The van der Waals surface area contributed by atoms with Crippen LogP contribution in [-0.4, -0.2) is 19.0 Å². The Bertz CT molecular complexity index is 507. The highest BCUT2D eigenvalue weighted by Crippen LogP contribution is 2.34. The van der Waals surface area contributed by atoms with Crippen LogP contribution >= 0.6 is 0 Å². The fraction of sp³-hybridized carbons (Fsp3) is 0.636. The zero-order chi connectivity index (χ0) is 12.6. The van der Waals surface area contributed by atoms with Crippen LogP contribution in [0.1, 0.15) is 25.5 Å². The monoisotopic (exact) mass is 257 g/mol. The third kappa shape index (κ3) is 2.53. The van der Waals surface area contributed by atoms with Crippen molar-refractivity contribution >= 4 is 10.0 Å². The predicted octanol–water partition coefficient (Wildman–Crippen LogP) is 0.561. The molecule has 0 bridgehead atoms. The molecule has 0 spiro atoms. The molecule has 1 aliphatic rings. The van der Waals surface area contributed by atoms with Crippen LogP contribution in [-0.2, 0) is 23.6 Å². The minimum absolute atomic E-state index is 0.117. The summed E-state index contributed by atoms with van der Waals surface area (Å²) in [6, 6.07) is 1.75. The molecule has 0 saturated heterocycles. The molecule has 6 heteroatoms. The average molecular weight is 257 g/mol. The van der Waals surface area contributed by atoms with Crippen LogP contribution in [0.15, 0.2) is 17.2 Å². The highest BCUT2D eigenvalue weighted by molar-refractivity contribution is 7.89. The minimum atomic E-state index is -3.38. The van der Waals surface area contributed by atoms with Crippen molar-refractivity contribution < 1.29 is 8.42 Å². The maximum absolute atomic E-state index is 12.1. The van der Waals surface area contributed by atoms with Crippen molar-refractivity contribution in [2.24, 2.45) is 18.7 Å². The number of rotatable bonds is 5. The Morgan fingerprint density at radius 1 is 1.59 bits per heavy atom. The van der Waals surface area contributed by atoms with Gasteiger partial charge in [-0.1, -0.05) is 13.3 Å². The van der Waals surface area contributed by atoms with Crippen molar-refractivity contribution in [1.82, 2.24) is 9.29 Å². The molecule has 2 atom stereocenters. The van der Waals surface area contributed by atoms with Gasteiger partial charge >= 0.3 is 0 Å². The Morgan fingerprint density at radius 2 is 2.29 bits per heavy atom. The molecular formula is C11H19N3O2S. The summed E-state index contributed by atoms with van der Waals surface area (Å²) in [6.45, 7) is 2.42. The molecule has 96 valence electrons. The van der Waals surface area contributed by atoms with Gasteiger partial charge in [0.15, 0.2) is 0 Å². The van der Waals surface area contributed by atoms with Gasteiger partial charge in [-0.15, -0.1) is 0 Å². The Balaban J connectivity index is 2.14. The number of hydrogen-bond donors (Lipinski definition) is 2. The van der Waals surface area contributed by atoms with E-state index in [0.29, 0.717) is 17.4 Å². The van der Waals surface area contributed by atoms with Crippen molar-refractivity contribution in [1.29, 1.82) is 0 Å². The largest absolute Gasteiger partial charge is 0.352 e. The number of aromatic nitrogens is 1. The molecule has 2 unspecified atom stereocenters. The molecule has 0 amide bonds. The lowest BCUT2D eigenvalue weighted by molar-refractivity contribution is 0.575. The number of nitrogens with zero attached hydrogens (tertiary/aromatic N) is 1. The van der Waals surface area contributed by atoms with Crippen LogP contribution in [0.5, 0.6) is 0 Å². The third-order valence-electron chi connectivity index (χ3n) is 3.36. The molecule has 1 fully saturated rings. The lowest BCUT2D eigenvalue weighted by Crippen LogP contribution is -2.26.